The highest BCUT2D eigenvalue weighted by molar-refractivity contribution is 5.83. The first-order valence-electron chi connectivity index (χ1n) is 9.59. The van der Waals surface area contributed by atoms with Gasteiger partial charge in [-0.2, -0.15) is 5.10 Å². The van der Waals surface area contributed by atoms with E-state index in [1.54, 1.807) is 24.5 Å². The van der Waals surface area contributed by atoms with E-state index in [1.807, 2.05) is 58.2 Å². The van der Waals surface area contributed by atoms with Crippen molar-refractivity contribution in [1.82, 2.24) is 19.5 Å². The van der Waals surface area contributed by atoms with Crippen LogP contribution in [0.2, 0.25) is 0 Å². The minimum absolute atomic E-state index is 0.192. The number of benzene rings is 1. The van der Waals surface area contributed by atoms with Crippen LogP contribution in [0.4, 0.5) is 4.39 Å². The quantitative estimate of drug-likeness (QED) is 0.566. The van der Waals surface area contributed by atoms with Crippen LogP contribution in [0.15, 0.2) is 90.5 Å². The Hall–Kier alpha value is -4.00. The molecule has 0 radical (unpaired) electrons. The highest BCUT2D eigenvalue weighted by Gasteiger charge is 2.29. The maximum atomic E-state index is 13.5. The highest BCUT2D eigenvalue weighted by Crippen LogP contribution is 2.36. The number of aliphatic imine (C=N–C) groups is 1. The van der Waals surface area contributed by atoms with Gasteiger partial charge in [0.2, 0.25) is 0 Å². The lowest BCUT2D eigenvalue weighted by Crippen LogP contribution is -2.40. The number of aromatic nitrogens is 3. The molecule has 1 aliphatic rings. The van der Waals surface area contributed by atoms with Crippen molar-refractivity contribution in [2.24, 2.45) is 10.7 Å². The molecule has 3 aromatic heterocycles. The van der Waals surface area contributed by atoms with Gasteiger partial charge in [-0.1, -0.05) is 12.1 Å². The summed E-state index contributed by atoms with van der Waals surface area (Å²) in [5.74, 6) is 0.142. The molecule has 148 valence electrons. The lowest BCUT2D eigenvalue weighted by atomic mass is 9.98. The Balaban J connectivity index is 1.66. The zero-order chi connectivity index (χ0) is 20.5. The minimum Gasteiger partial charge on any atom is -0.369 e. The van der Waals surface area contributed by atoms with Gasteiger partial charge in [-0.3, -0.25) is 4.98 Å². The second kappa shape index (κ2) is 7.44. The second-order valence-electron chi connectivity index (χ2n) is 7.06. The van der Waals surface area contributed by atoms with Crippen molar-refractivity contribution in [1.29, 1.82) is 0 Å². The molecule has 0 amide bonds. The van der Waals surface area contributed by atoms with E-state index >= 15 is 0 Å². The first-order valence-corrected chi connectivity index (χ1v) is 9.59. The van der Waals surface area contributed by atoms with Gasteiger partial charge < -0.3 is 10.6 Å². The fourth-order valence-corrected chi connectivity index (χ4v) is 3.77. The summed E-state index contributed by atoms with van der Waals surface area (Å²) >= 11 is 0. The summed E-state index contributed by atoms with van der Waals surface area (Å²) in [6.07, 6.45) is 9.19. The number of halogens is 1. The smallest absolute Gasteiger partial charge is 0.196 e. The van der Waals surface area contributed by atoms with Crippen molar-refractivity contribution >= 4 is 11.5 Å². The molecule has 0 saturated heterocycles. The van der Waals surface area contributed by atoms with Crippen LogP contribution < -0.4 is 5.73 Å². The van der Waals surface area contributed by atoms with E-state index in [9.17, 15) is 4.39 Å². The summed E-state index contributed by atoms with van der Waals surface area (Å²) in [4.78, 5) is 10.5. The topological polar surface area (TPSA) is 71.8 Å². The first kappa shape index (κ1) is 18.1. The molecule has 0 saturated carbocycles. The third-order valence-corrected chi connectivity index (χ3v) is 5.17. The molecule has 0 spiro atoms. The van der Waals surface area contributed by atoms with Crippen LogP contribution in [-0.2, 0) is 6.54 Å². The number of nitrogens with two attached hydrogens (primary N) is 1. The fraction of sp³-hybridized carbons (Fsp3) is 0.0870. The molecule has 30 heavy (non-hydrogen) atoms. The molecular weight excluding hydrogens is 379 g/mol. The van der Waals surface area contributed by atoms with Crippen molar-refractivity contribution in [2.45, 2.75) is 12.6 Å². The Labute approximate surface area is 172 Å². The Morgan fingerprint density at radius 1 is 1.03 bits per heavy atom. The summed E-state index contributed by atoms with van der Waals surface area (Å²) in [6.45, 7) is 0.547. The molecule has 2 N–H and O–H groups in total. The number of nitrogens with zero attached hydrogens (tertiary/aromatic N) is 5. The number of guanidine groups is 1. The molecule has 1 unspecified atom stereocenters. The molecule has 4 heterocycles. The van der Waals surface area contributed by atoms with Crippen LogP contribution in [0.5, 0.6) is 0 Å². The summed E-state index contributed by atoms with van der Waals surface area (Å²) in [7, 11) is 0. The molecular formula is C23H19FN6. The third kappa shape index (κ3) is 3.20. The van der Waals surface area contributed by atoms with Crippen LogP contribution >= 0.6 is 0 Å². The number of pyridine rings is 2. The monoisotopic (exact) mass is 398 g/mol. The normalized spacial score (nSPS) is 16.1. The van der Waals surface area contributed by atoms with Crippen LogP contribution in [0, 0.1) is 5.82 Å². The maximum absolute atomic E-state index is 13.5. The summed E-state index contributed by atoms with van der Waals surface area (Å²) in [5, 5.41) is 4.79. The van der Waals surface area contributed by atoms with Crippen LogP contribution in [-0.4, -0.2) is 25.5 Å². The number of hydrogen-bond acceptors (Lipinski definition) is 5. The van der Waals surface area contributed by atoms with Crippen molar-refractivity contribution in [2.75, 3.05) is 0 Å². The maximum Gasteiger partial charge on any atom is 0.196 e. The van der Waals surface area contributed by atoms with Gasteiger partial charge in [0.05, 0.1) is 17.3 Å². The molecule has 0 aliphatic carbocycles. The summed E-state index contributed by atoms with van der Waals surface area (Å²) in [6, 6.07) is 16.0. The minimum atomic E-state index is -0.281. The number of hydrogen-bond donors (Lipinski definition) is 1. The Bertz CT molecular complexity index is 1240. The lowest BCUT2D eigenvalue weighted by molar-refractivity contribution is 0.350. The average Bonchev–Trinajstić information content (AvgIpc) is 3.16. The van der Waals surface area contributed by atoms with E-state index in [0.29, 0.717) is 12.5 Å². The number of rotatable bonds is 4. The molecule has 0 fully saturated rings. The molecule has 5 rings (SSSR count). The molecule has 4 aromatic rings. The first-order chi connectivity index (χ1) is 14.7. The van der Waals surface area contributed by atoms with Crippen LogP contribution in [0.3, 0.4) is 0 Å². The van der Waals surface area contributed by atoms with Crippen molar-refractivity contribution in [3.8, 4) is 11.3 Å². The fourth-order valence-electron chi connectivity index (χ4n) is 3.77. The molecule has 1 aromatic carbocycles. The van der Waals surface area contributed by atoms with Gasteiger partial charge in [-0.25, -0.2) is 13.9 Å². The van der Waals surface area contributed by atoms with E-state index < -0.39 is 0 Å². The standard InChI is InChI=1S/C23H19FN6/c24-18-8-6-17(7-9-18)22-21(20-5-1-2-13-30(20)28-22)19-10-12-27-23(25)29(19)15-16-4-3-11-26-14-16/h1-14,19H,15H2,(H2,25,27). The zero-order valence-corrected chi connectivity index (χ0v) is 16.1. The molecule has 6 nitrogen and oxygen atoms in total. The van der Waals surface area contributed by atoms with Gasteiger partial charge in [-0.15, -0.1) is 0 Å². The van der Waals surface area contributed by atoms with Gasteiger partial charge >= 0.3 is 0 Å². The van der Waals surface area contributed by atoms with E-state index in [2.05, 4.69) is 9.98 Å². The largest absolute Gasteiger partial charge is 0.369 e. The lowest BCUT2D eigenvalue weighted by Gasteiger charge is -2.33. The van der Waals surface area contributed by atoms with E-state index in [1.165, 1.54) is 12.1 Å². The van der Waals surface area contributed by atoms with Crippen molar-refractivity contribution < 1.29 is 4.39 Å². The molecule has 0 bridgehead atoms. The summed E-state index contributed by atoms with van der Waals surface area (Å²) < 4.78 is 15.4. The Morgan fingerprint density at radius 2 is 1.90 bits per heavy atom. The van der Waals surface area contributed by atoms with Gasteiger partial charge in [0, 0.05) is 42.5 Å². The average molecular weight is 398 g/mol. The molecule has 1 atom stereocenters. The van der Waals surface area contributed by atoms with Crippen LogP contribution in [0.1, 0.15) is 17.2 Å². The Morgan fingerprint density at radius 3 is 2.70 bits per heavy atom. The predicted molar refractivity (Wildman–Crippen MR) is 114 cm³/mol. The molecule has 7 heteroatoms. The zero-order valence-electron chi connectivity index (χ0n) is 16.1. The van der Waals surface area contributed by atoms with Gasteiger partial charge in [0.1, 0.15) is 5.82 Å². The second-order valence-corrected chi connectivity index (χ2v) is 7.06. The predicted octanol–water partition coefficient (Wildman–Crippen LogP) is 3.92. The van der Waals surface area contributed by atoms with Crippen molar-refractivity contribution in [3.63, 3.8) is 0 Å². The van der Waals surface area contributed by atoms with Gasteiger partial charge in [0.15, 0.2) is 5.96 Å². The van der Waals surface area contributed by atoms with Crippen molar-refractivity contribution in [3.05, 3.63) is 102 Å². The van der Waals surface area contributed by atoms with E-state index in [0.717, 1.165) is 27.9 Å². The Kier molecular flexibility index (Phi) is 4.48. The van der Waals surface area contributed by atoms with E-state index in [-0.39, 0.29) is 11.9 Å². The highest BCUT2D eigenvalue weighted by atomic mass is 19.1. The molecule has 1 aliphatic heterocycles. The SMILES string of the molecule is NC1=NC=CC(c2c(-c3ccc(F)cc3)nn3ccccc23)N1Cc1cccnc1. The van der Waals surface area contributed by atoms with Crippen LogP contribution in [0.25, 0.3) is 16.8 Å². The summed E-state index contributed by atoms with van der Waals surface area (Å²) in [5.41, 5.74) is 10.9. The van der Waals surface area contributed by atoms with Gasteiger partial charge in [-0.05, 0) is 54.1 Å². The van der Waals surface area contributed by atoms with E-state index in [4.69, 9.17) is 10.8 Å². The number of fused-ring (bicyclic) bond motifs is 1. The third-order valence-electron chi connectivity index (χ3n) is 5.17. The van der Waals surface area contributed by atoms with Gasteiger partial charge in [0.25, 0.3) is 0 Å².